The number of furan rings is 1. The fourth-order valence-corrected chi connectivity index (χ4v) is 3.88. The molecule has 7 heteroatoms. The number of benzene rings is 2. The average molecular weight is 450 g/mol. The molecule has 0 unspecified atom stereocenters. The van der Waals surface area contributed by atoms with E-state index in [1.54, 1.807) is 24.3 Å². The van der Waals surface area contributed by atoms with Crippen molar-refractivity contribution in [2.75, 3.05) is 0 Å². The Bertz CT molecular complexity index is 1180. The van der Waals surface area contributed by atoms with Crippen LogP contribution in [0.3, 0.4) is 0 Å². The van der Waals surface area contributed by atoms with Crippen molar-refractivity contribution in [3.05, 3.63) is 92.9 Å². The zero-order chi connectivity index (χ0) is 22.7. The van der Waals surface area contributed by atoms with E-state index in [1.165, 1.54) is 5.56 Å². The molecule has 0 bridgehead atoms. The van der Waals surface area contributed by atoms with Gasteiger partial charge in [-0.1, -0.05) is 41.4 Å². The molecule has 1 aromatic heterocycles. The molecular formula is C25H24ClN3O3. The first kappa shape index (κ1) is 21.8. The largest absolute Gasteiger partial charge is 0.455 e. The smallest absolute Gasteiger partial charge is 0.287 e. The maximum Gasteiger partial charge on any atom is 0.287 e. The molecule has 0 atom stereocenters. The van der Waals surface area contributed by atoms with Crippen LogP contribution in [0.5, 0.6) is 0 Å². The van der Waals surface area contributed by atoms with Gasteiger partial charge in [0.05, 0.1) is 5.71 Å². The van der Waals surface area contributed by atoms with Crippen LogP contribution in [0.2, 0.25) is 5.02 Å². The van der Waals surface area contributed by atoms with Crippen LogP contribution in [-0.4, -0.2) is 17.5 Å². The van der Waals surface area contributed by atoms with Crippen molar-refractivity contribution in [3.8, 4) is 0 Å². The van der Waals surface area contributed by atoms with E-state index in [0.717, 1.165) is 35.3 Å². The lowest BCUT2D eigenvalue weighted by Gasteiger charge is -2.13. The molecule has 0 saturated carbocycles. The minimum Gasteiger partial charge on any atom is -0.455 e. The third kappa shape index (κ3) is 4.75. The molecule has 0 aliphatic heterocycles. The van der Waals surface area contributed by atoms with Gasteiger partial charge in [0.2, 0.25) is 0 Å². The Morgan fingerprint density at radius 2 is 1.72 bits per heavy atom. The number of rotatable bonds is 5. The summed E-state index contributed by atoms with van der Waals surface area (Å²) in [5, 5.41) is 7.84. The molecule has 4 rings (SSSR count). The Labute approximate surface area is 191 Å². The molecule has 2 amide bonds. The summed E-state index contributed by atoms with van der Waals surface area (Å²) in [5.41, 5.74) is 7.53. The minimum absolute atomic E-state index is 0.262. The van der Waals surface area contributed by atoms with Crippen molar-refractivity contribution in [2.45, 2.75) is 39.7 Å². The van der Waals surface area contributed by atoms with E-state index in [-0.39, 0.29) is 11.8 Å². The summed E-state index contributed by atoms with van der Waals surface area (Å²) in [4.78, 5) is 25.2. The van der Waals surface area contributed by atoms with Crippen molar-refractivity contribution in [1.82, 2.24) is 10.7 Å². The lowest BCUT2D eigenvalue weighted by atomic mass is 9.93. The van der Waals surface area contributed by atoms with Gasteiger partial charge in [0.1, 0.15) is 5.76 Å². The summed E-state index contributed by atoms with van der Waals surface area (Å²) in [6.07, 6.45) is 2.25. The lowest BCUT2D eigenvalue weighted by Crippen LogP contribution is -2.23. The van der Waals surface area contributed by atoms with Crippen LogP contribution in [0, 0.1) is 13.8 Å². The Hall–Kier alpha value is -3.38. The van der Waals surface area contributed by atoms with Gasteiger partial charge in [-0.25, -0.2) is 5.43 Å². The number of hydrogen-bond acceptors (Lipinski definition) is 4. The molecule has 3 aromatic rings. The van der Waals surface area contributed by atoms with Crippen molar-refractivity contribution in [2.24, 2.45) is 5.10 Å². The normalized spacial score (nSPS) is 14.2. The average Bonchev–Trinajstić information content (AvgIpc) is 3.14. The number of aryl methyl sites for hydroxylation is 2. The highest BCUT2D eigenvalue weighted by Crippen LogP contribution is 2.30. The first-order valence-corrected chi connectivity index (χ1v) is 10.9. The van der Waals surface area contributed by atoms with E-state index in [9.17, 15) is 9.59 Å². The predicted molar refractivity (Wildman–Crippen MR) is 124 cm³/mol. The Balaban J connectivity index is 1.49. The number of carbonyl (C=O) groups is 2. The van der Waals surface area contributed by atoms with Crippen molar-refractivity contribution >= 4 is 29.1 Å². The molecule has 0 fully saturated rings. The highest BCUT2D eigenvalue weighted by molar-refractivity contribution is 6.30. The van der Waals surface area contributed by atoms with Gasteiger partial charge in [-0.3, -0.25) is 9.59 Å². The summed E-state index contributed by atoms with van der Waals surface area (Å²) >= 11 is 5.88. The quantitative estimate of drug-likeness (QED) is 0.540. The zero-order valence-corrected chi connectivity index (χ0v) is 18.8. The third-order valence-electron chi connectivity index (χ3n) is 5.50. The lowest BCUT2D eigenvalue weighted by molar-refractivity contribution is 0.0919. The van der Waals surface area contributed by atoms with Crippen LogP contribution in [0.15, 0.2) is 58.0 Å². The van der Waals surface area contributed by atoms with E-state index in [2.05, 4.69) is 15.8 Å². The second kappa shape index (κ2) is 9.40. The zero-order valence-electron chi connectivity index (χ0n) is 18.0. The number of hydrogen-bond donors (Lipinski definition) is 2. The molecule has 32 heavy (non-hydrogen) atoms. The fourth-order valence-electron chi connectivity index (χ4n) is 3.75. The fraction of sp³-hybridized carbons (Fsp3) is 0.240. The first-order valence-electron chi connectivity index (χ1n) is 10.5. The summed E-state index contributed by atoms with van der Waals surface area (Å²) < 4.78 is 5.92. The van der Waals surface area contributed by atoms with Crippen LogP contribution in [0.25, 0.3) is 0 Å². The van der Waals surface area contributed by atoms with Gasteiger partial charge in [-0.15, -0.1) is 0 Å². The predicted octanol–water partition coefficient (Wildman–Crippen LogP) is 4.95. The van der Waals surface area contributed by atoms with Crippen LogP contribution in [0.4, 0.5) is 0 Å². The number of halogens is 1. The molecule has 0 spiro atoms. The standard InChI is InChI=1S/C25H24ClN3O3/c1-15-6-8-17(9-7-15)14-27-25(31)23-16(2)22-20(4-3-5-21(22)32-23)28-29-24(30)18-10-12-19(26)13-11-18/h6-13H,3-5,14H2,1-2H3,(H,27,31)(H,29,30)/b28-20+. The van der Waals surface area contributed by atoms with Crippen LogP contribution >= 0.6 is 11.6 Å². The van der Waals surface area contributed by atoms with Crippen LogP contribution < -0.4 is 10.7 Å². The van der Waals surface area contributed by atoms with Crippen molar-refractivity contribution in [3.63, 3.8) is 0 Å². The highest BCUT2D eigenvalue weighted by atomic mass is 35.5. The molecule has 0 radical (unpaired) electrons. The molecule has 1 aliphatic carbocycles. The van der Waals surface area contributed by atoms with Gasteiger partial charge in [0, 0.05) is 34.7 Å². The second-order valence-corrected chi connectivity index (χ2v) is 8.32. The number of fused-ring (bicyclic) bond motifs is 1. The first-order chi connectivity index (χ1) is 15.4. The van der Waals surface area contributed by atoms with E-state index in [0.29, 0.717) is 35.0 Å². The molecule has 1 aliphatic rings. The van der Waals surface area contributed by atoms with Gasteiger partial charge in [0.25, 0.3) is 11.8 Å². The maximum atomic E-state index is 12.8. The molecule has 164 valence electrons. The van der Waals surface area contributed by atoms with Gasteiger partial charge < -0.3 is 9.73 Å². The van der Waals surface area contributed by atoms with Crippen molar-refractivity contribution < 1.29 is 14.0 Å². The van der Waals surface area contributed by atoms with E-state index in [4.69, 9.17) is 16.0 Å². The SMILES string of the molecule is Cc1ccc(CNC(=O)c2oc3c(c2C)/C(=N/NC(=O)c2ccc(Cl)cc2)CCC3)cc1. The maximum absolute atomic E-state index is 12.8. The number of nitrogens with one attached hydrogen (secondary N) is 2. The molecule has 2 aromatic carbocycles. The molecule has 1 heterocycles. The monoisotopic (exact) mass is 449 g/mol. The summed E-state index contributed by atoms with van der Waals surface area (Å²) in [6, 6.07) is 14.6. The number of amides is 2. The summed E-state index contributed by atoms with van der Waals surface area (Å²) in [5.74, 6) is 0.440. The third-order valence-corrected chi connectivity index (χ3v) is 5.76. The van der Waals surface area contributed by atoms with Crippen molar-refractivity contribution in [1.29, 1.82) is 0 Å². The van der Waals surface area contributed by atoms with Gasteiger partial charge in [-0.05, 0) is 56.5 Å². The molecule has 6 nitrogen and oxygen atoms in total. The van der Waals surface area contributed by atoms with E-state index < -0.39 is 0 Å². The Morgan fingerprint density at radius 3 is 2.44 bits per heavy atom. The molecule has 0 saturated heterocycles. The van der Waals surface area contributed by atoms with Crippen LogP contribution in [-0.2, 0) is 13.0 Å². The highest BCUT2D eigenvalue weighted by Gasteiger charge is 2.28. The van der Waals surface area contributed by atoms with E-state index >= 15 is 0 Å². The van der Waals surface area contributed by atoms with Gasteiger partial charge in [0.15, 0.2) is 5.76 Å². The molecular weight excluding hydrogens is 426 g/mol. The molecule has 2 N–H and O–H groups in total. The van der Waals surface area contributed by atoms with Gasteiger partial charge >= 0.3 is 0 Å². The topological polar surface area (TPSA) is 83.7 Å². The minimum atomic E-state index is -0.321. The number of carbonyl (C=O) groups excluding carboxylic acids is 2. The van der Waals surface area contributed by atoms with Gasteiger partial charge in [-0.2, -0.15) is 5.10 Å². The summed E-state index contributed by atoms with van der Waals surface area (Å²) in [6.45, 7) is 4.29. The Morgan fingerprint density at radius 1 is 1.00 bits per heavy atom. The second-order valence-electron chi connectivity index (χ2n) is 7.88. The van der Waals surface area contributed by atoms with Crippen LogP contribution in [0.1, 0.15) is 61.8 Å². The number of nitrogens with zero attached hydrogens (tertiary/aromatic N) is 1. The number of hydrazone groups is 1. The summed E-state index contributed by atoms with van der Waals surface area (Å²) in [7, 11) is 0. The Kier molecular flexibility index (Phi) is 6.42. The van der Waals surface area contributed by atoms with E-state index in [1.807, 2.05) is 38.1 Å².